The first-order valence-corrected chi connectivity index (χ1v) is 4.37. The molecule has 0 atom stereocenters. The van der Waals surface area contributed by atoms with Crippen LogP contribution in [0.5, 0.6) is 0 Å². The SMILES string of the molecule is [CH2]/C=C/CC1CCCCC1. The Hall–Kier alpha value is -0.260. The predicted octanol–water partition coefficient (Wildman–Crippen LogP) is 3.35. The maximum atomic E-state index is 3.69. The van der Waals surface area contributed by atoms with Crippen molar-refractivity contribution in [2.75, 3.05) is 0 Å². The van der Waals surface area contributed by atoms with Gasteiger partial charge in [0.1, 0.15) is 0 Å². The minimum Gasteiger partial charge on any atom is -0.0883 e. The summed E-state index contributed by atoms with van der Waals surface area (Å²) >= 11 is 0. The predicted molar refractivity (Wildman–Crippen MR) is 45.7 cm³/mol. The summed E-state index contributed by atoms with van der Waals surface area (Å²) in [5.74, 6) is 0.978. The van der Waals surface area contributed by atoms with Crippen molar-refractivity contribution in [3.63, 3.8) is 0 Å². The molecule has 57 valence electrons. The van der Waals surface area contributed by atoms with Gasteiger partial charge < -0.3 is 0 Å². The van der Waals surface area contributed by atoms with Crippen molar-refractivity contribution in [3.05, 3.63) is 19.1 Å². The molecule has 0 aromatic rings. The zero-order valence-corrected chi connectivity index (χ0v) is 6.68. The first-order valence-electron chi connectivity index (χ1n) is 4.37. The molecule has 0 saturated heterocycles. The Balaban J connectivity index is 2.13. The second-order valence-electron chi connectivity index (χ2n) is 3.21. The van der Waals surface area contributed by atoms with E-state index in [1.165, 1.54) is 38.5 Å². The molecule has 1 aliphatic carbocycles. The summed E-state index contributed by atoms with van der Waals surface area (Å²) in [6.45, 7) is 3.69. The van der Waals surface area contributed by atoms with Crippen LogP contribution in [-0.4, -0.2) is 0 Å². The topological polar surface area (TPSA) is 0 Å². The van der Waals surface area contributed by atoms with Gasteiger partial charge >= 0.3 is 0 Å². The quantitative estimate of drug-likeness (QED) is 0.547. The van der Waals surface area contributed by atoms with Crippen LogP contribution in [0, 0.1) is 12.8 Å². The zero-order valence-electron chi connectivity index (χ0n) is 6.68. The van der Waals surface area contributed by atoms with Crippen LogP contribution in [0.2, 0.25) is 0 Å². The smallest absolute Gasteiger partial charge is 0.0316 e. The molecule has 0 amide bonds. The van der Waals surface area contributed by atoms with Crippen molar-refractivity contribution in [2.24, 2.45) is 5.92 Å². The van der Waals surface area contributed by atoms with Crippen molar-refractivity contribution in [2.45, 2.75) is 38.5 Å². The first-order chi connectivity index (χ1) is 4.93. The lowest BCUT2D eigenvalue weighted by Gasteiger charge is -2.19. The minimum absolute atomic E-state index is 0.978. The van der Waals surface area contributed by atoms with Gasteiger partial charge in [-0.05, 0) is 19.3 Å². The van der Waals surface area contributed by atoms with Crippen LogP contribution >= 0.6 is 0 Å². The monoisotopic (exact) mass is 137 g/mol. The van der Waals surface area contributed by atoms with E-state index in [0.717, 1.165) is 5.92 Å². The third-order valence-corrected chi connectivity index (χ3v) is 2.36. The van der Waals surface area contributed by atoms with Crippen LogP contribution in [0.25, 0.3) is 0 Å². The molecular weight excluding hydrogens is 120 g/mol. The van der Waals surface area contributed by atoms with Crippen LogP contribution in [0.4, 0.5) is 0 Å². The number of allylic oxidation sites excluding steroid dienone is 2. The zero-order chi connectivity index (χ0) is 7.23. The summed E-state index contributed by atoms with van der Waals surface area (Å²) in [4.78, 5) is 0. The summed E-state index contributed by atoms with van der Waals surface area (Å²) < 4.78 is 0. The molecule has 0 heteroatoms. The third kappa shape index (κ3) is 2.55. The molecule has 0 N–H and O–H groups in total. The second kappa shape index (κ2) is 4.54. The van der Waals surface area contributed by atoms with Crippen molar-refractivity contribution in [1.82, 2.24) is 0 Å². The van der Waals surface area contributed by atoms with E-state index in [4.69, 9.17) is 0 Å². The lowest BCUT2D eigenvalue weighted by molar-refractivity contribution is 0.361. The summed E-state index contributed by atoms with van der Waals surface area (Å²) in [5.41, 5.74) is 0. The molecule has 1 radical (unpaired) electrons. The van der Waals surface area contributed by atoms with Gasteiger partial charge in [0.25, 0.3) is 0 Å². The summed E-state index contributed by atoms with van der Waals surface area (Å²) in [6.07, 6.45) is 12.7. The van der Waals surface area contributed by atoms with Gasteiger partial charge in [0.05, 0.1) is 0 Å². The fourth-order valence-electron chi connectivity index (χ4n) is 1.71. The first kappa shape index (κ1) is 7.84. The van der Waals surface area contributed by atoms with Crippen molar-refractivity contribution >= 4 is 0 Å². The minimum atomic E-state index is 0.978. The highest BCUT2D eigenvalue weighted by Gasteiger charge is 2.10. The molecule has 1 fully saturated rings. The van der Waals surface area contributed by atoms with E-state index < -0.39 is 0 Å². The normalized spacial score (nSPS) is 22.1. The molecule has 0 nitrogen and oxygen atoms in total. The van der Waals surface area contributed by atoms with E-state index in [-0.39, 0.29) is 0 Å². The molecule has 10 heavy (non-hydrogen) atoms. The number of hydrogen-bond acceptors (Lipinski definition) is 0. The molecule has 0 heterocycles. The van der Waals surface area contributed by atoms with E-state index in [1.54, 1.807) is 0 Å². The van der Waals surface area contributed by atoms with E-state index in [0.29, 0.717) is 0 Å². The van der Waals surface area contributed by atoms with E-state index in [1.807, 2.05) is 6.08 Å². The van der Waals surface area contributed by atoms with Crippen molar-refractivity contribution < 1.29 is 0 Å². The molecular formula is C10H17. The van der Waals surface area contributed by atoms with Gasteiger partial charge in [-0.3, -0.25) is 0 Å². The van der Waals surface area contributed by atoms with Gasteiger partial charge in [-0.25, -0.2) is 0 Å². The van der Waals surface area contributed by atoms with Gasteiger partial charge in [-0.15, -0.1) is 0 Å². The Bertz CT molecular complexity index is 96.6. The summed E-state index contributed by atoms with van der Waals surface area (Å²) in [6, 6.07) is 0. The highest BCUT2D eigenvalue weighted by Crippen LogP contribution is 2.26. The van der Waals surface area contributed by atoms with Gasteiger partial charge in [-0.2, -0.15) is 0 Å². The molecule has 1 rings (SSSR count). The highest BCUT2D eigenvalue weighted by atomic mass is 14.2. The molecule has 0 aromatic heterocycles. The van der Waals surface area contributed by atoms with Crippen LogP contribution in [0.15, 0.2) is 12.2 Å². The van der Waals surface area contributed by atoms with E-state index in [2.05, 4.69) is 13.0 Å². The molecule has 0 aromatic carbocycles. The maximum Gasteiger partial charge on any atom is -0.0316 e. The molecule has 1 aliphatic rings. The molecule has 0 spiro atoms. The fraction of sp³-hybridized carbons (Fsp3) is 0.700. The van der Waals surface area contributed by atoms with Crippen molar-refractivity contribution in [1.29, 1.82) is 0 Å². The lowest BCUT2D eigenvalue weighted by atomic mass is 9.87. The maximum absolute atomic E-state index is 3.69. The average molecular weight is 137 g/mol. The lowest BCUT2D eigenvalue weighted by Crippen LogP contribution is -2.04. The summed E-state index contributed by atoms with van der Waals surface area (Å²) in [7, 11) is 0. The van der Waals surface area contributed by atoms with Crippen LogP contribution in [0.1, 0.15) is 38.5 Å². The number of rotatable bonds is 2. The molecule has 1 saturated carbocycles. The largest absolute Gasteiger partial charge is 0.0883 e. The standard InChI is InChI=1S/C10H17/c1-2-3-7-10-8-5-4-6-9-10/h2-3,10H,1,4-9H2/b3-2+. The second-order valence-corrected chi connectivity index (χ2v) is 3.21. The van der Waals surface area contributed by atoms with Crippen LogP contribution < -0.4 is 0 Å². The average Bonchev–Trinajstić information content (AvgIpc) is 2.03. The van der Waals surface area contributed by atoms with Gasteiger partial charge in [0.15, 0.2) is 0 Å². The van der Waals surface area contributed by atoms with E-state index in [9.17, 15) is 0 Å². The Morgan fingerprint density at radius 2 is 1.90 bits per heavy atom. The summed E-state index contributed by atoms with van der Waals surface area (Å²) in [5, 5.41) is 0. The fourth-order valence-corrected chi connectivity index (χ4v) is 1.71. The van der Waals surface area contributed by atoms with Crippen molar-refractivity contribution in [3.8, 4) is 0 Å². The Labute approximate surface area is 64.3 Å². The van der Waals surface area contributed by atoms with Crippen LogP contribution in [0.3, 0.4) is 0 Å². The van der Waals surface area contributed by atoms with E-state index >= 15 is 0 Å². The molecule has 0 bridgehead atoms. The molecule has 0 unspecified atom stereocenters. The van der Waals surface area contributed by atoms with Gasteiger partial charge in [-0.1, -0.05) is 44.3 Å². The molecule has 0 aliphatic heterocycles. The Morgan fingerprint density at radius 1 is 1.20 bits per heavy atom. The highest BCUT2D eigenvalue weighted by molar-refractivity contribution is 4.86. The Morgan fingerprint density at radius 3 is 2.50 bits per heavy atom. The Kier molecular flexibility index (Phi) is 3.56. The van der Waals surface area contributed by atoms with Crippen LogP contribution in [-0.2, 0) is 0 Å². The number of hydrogen-bond donors (Lipinski definition) is 0. The van der Waals surface area contributed by atoms with Gasteiger partial charge in [0, 0.05) is 0 Å². The third-order valence-electron chi connectivity index (χ3n) is 2.36. The van der Waals surface area contributed by atoms with Gasteiger partial charge in [0.2, 0.25) is 0 Å².